The van der Waals surface area contributed by atoms with Gasteiger partial charge < -0.3 is 10.1 Å². The van der Waals surface area contributed by atoms with Gasteiger partial charge in [-0.25, -0.2) is 0 Å². The number of nitrogens with one attached hydrogen (secondary N) is 1. The van der Waals surface area contributed by atoms with Crippen molar-refractivity contribution in [1.82, 2.24) is 10.2 Å². The van der Waals surface area contributed by atoms with Crippen LogP contribution in [-0.2, 0) is 4.74 Å². The molecule has 106 valence electrons. The summed E-state index contributed by atoms with van der Waals surface area (Å²) in [5.74, 6) is 0. The van der Waals surface area contributed by atoms with E-state index in [1.807, 2.05) is 0 Å². The molecule has 2 rings (SSSR count). The molecular formula is C15H30N2O. The Balaban J connectivity index is 1.95. The van der Waals surface area contributed by atoms with Gasteiger partial charge in [0, 0.05) is 25.2 Å². The molecule has 0 bridgehead atoms. The first-order chi connectivity index (χ1) is 8.62. The number of hydrogen-bond donors (Lipinski definition) is 1. The van der Waals surface area contributed by atoms with Crippen molar-refractivity contribution >= 4 is 0 Å². The average Bonchev–Trinajstić information content (AvgIpc) is 2.35. The Morgan fingerprint density at radius 1 is 1.28 bits per heavy atom. The number of morpholine rings is 1. The van der Waals surface area contributed by atoms with Gasteiger partial charge in [0.2, 0.25) is 0 Å². The van der Waals surface area contributed by atoms with Crippen LogP contribution in [0.3, 0.4) is 0 Å². The van der Waals surface area contributed by atoms with Gasteiger partial charge >= 0.3 is 0 Å². The standard InChI is InChI=1S/C15H30N2O/c1-4-9-16-13-7-5-6-8-14(13)17-10-11-18-15(2,3)12-17/h13-14,16H,4-12H2,1-3H3. The van der Waals surface area contributed by atoms with Crippen LogP contribution in [0.25, 0.3) is 0 Å². The lowest BCUT2D eigenvalue weighted by atomic mass is 9.88. The van der Waals surface area contributed by atoms with Crippen molar-refractivity contribution in [3.8, 4) is 0 Å². The fraction of sp³-hybridized carbons (Fsp3) is 1.00. The molecule has 0 spiro atoms. The third-order valence-corrected chi connectivity index (χ3v) is 4.31. The van der Waals surface area contributed by atoms with Crippen molar-refractivity contribution in [2.45, 2.75) is 70.6 Å². The van der Waals surface area contributed by atoms with E-state index < -0.39 is 0 Å². The Bertz CT molecular complexity index is 255. The molecule has 0 aromatic rings. The van der Waals surface area contributed by atoms with Crippen LogP contribution in [-0.4, -0.2) is 48.8 Å². The molecule has 0 aromatic carbocycles. The monoisotopic (exact) mass is 254 g/mol. The minimum absolute atomic E-state index is 0.0327. The van der Waals surface area contributed by atoms with E-state index in [0.717, 1.165) is 32.3 Å². The van der Waals surface area contributed by atoms with Crippen LogP contribution in [0.5, 0.6) is 0 Å². The lowest BCUT2D eigenvalue weighted by Crippen LogP contribution is -2.58. The molecular weight excluding hydrogens is 224 g/mol. The van der Waals surface area contributed by atoms with E-state index >= 15 is 0 Å². The van der Waals surface area contributed by atoms with Crippen molar-refractivity contribution in [2.75, 3.05) is 26.2 Å². The molecule has 1 N–H and O–H groups in total. The minimum atomic E-state index is 0.0327. The van der Waals surface area contributed by atoms with Crippen LogP contribution in [0.4, 0.5) is 0 Å². The topological polar surface area (TPSA) is 24.5 Å². The molecule has 0 radical (unpaired) electrons. The number of nitrogens with zero attached hydrogens (tertiary/aromatic N) is 1. The fourth-order valence-electron chi connectivity index (χ4n) is 3.45. The summed E-state index contributed by atoms with van der Waals surface area (Å²) < 4.78 is 5.84. The molecule has 3 heteroatoms. The molecule has 1 aliphatic carbocycles. The van der Waals surface area contributed by atoms with Crippen molar-refractivity contribution in [3.05, 3.63) is 0 Å². The Hall–Kier alpha value is -0.120. The molecule has 1 heterocycles. The van der Waals surface area contributed by atoms with E-state index in [1.165, 1.54) is 32.1 Å². The van der Waals surface area contributed by atoms with Crippen LogP contribution < -0.4 is 5.32 Å². The summed E-state index contributed by atoms with van der Waals surface area (Å²) in [6.45, 7) is 10.9. The third kappa shape index (κ3) is 3.69. The maximum absolute atomic E-state index is 5.84. The predicted molar refractivity (Wildman–Crippen MR) is 75.9 cm³/mol. The van der Waals surface area contributed by atoms with Gasteiger partial charge in [-0.05, 0) is 39.7 Å². The first-order valence-corrected chi connectivity index (χ1v) is 7.74. The van der Waals surface area contributed by atoms with Gasteiger partial charge in [0.15, 0.2) is 0 Å². The number of hydrogen-bond acceptors (Lipinski definition) is 3. The third-order valence-electron chi connectivity index (χ3n) is 4.31. The van der Waals surface area contributed by atoms with Gasteiger partial charge in [0.25, 0.3) is 0 Å². The average molecular weight is 254 g/mol. The second-order valence-corrected chi connectivity index (χ2v) is 6.49. The van der Waals surface area contributed by atoms with Gasteiger partial charge in [-0.3, -0.25) is 4.90 Å². The van der Waals surface area contributed by atoms with Crippen molar-refractivity contribution < 1.29 is 4.74 Å². The SMILES string of the molecule is CCCNC1CCCCC1N1CCOC(C)(C)C1. The highest BCUT2D eigenvalue weighted by molar-refractivity contribution is 4.92. The van der Waals surface area contributed by atoms with E-state index in [4.69, 9.17) is 4.74 Å². The van der Waals surface area contributed by atoms with E-state index in [1.54, 1.807) is 0 Å². The maximum Gasteiger partial charge on any atom is 0.0753 e. The second kappa shape index (κ2) is 6.36. The number of ether oxygens (including phenoxy) is 1. The van der Waals surface area contributed by atoms with Crippen molar-refractivity contribution in [3.63, 3.8) is 0 Å². The first kappa shape index (κ1) is 14.3. The van der Waals surface area contributed by atoms with Gasteiger partial charge in [-0.1, -0.05) is 19.8 Å². The number of rotatable bonds is 4. The Morgan fingerprint density at radius 2 is 2.06 bits per heavy atom. The molecule has 1 saturated carbocycles. The summed E-state index contributed by atoms with van der Waals surface area (Å²) in [5.41, 5.74) is 0.0327. The van der Waals surface area contributed by atoms with Crippen molar-refractivity contribution in [2.24, 2.45) is 0 Å². The summed E-state index contributed by atoms with van der Waals surface area (Å²) in [6.07, 6.45) is 6.73. The lowest BCUT2D eigenvalue weighted by Gasteiger charge is -2.46. The van der Waals surface area contributed by atoms with Gasteiger partial charge in [0.05, 0.1) is 12.2 Å². The molecule has 2 fully saturated rings. The normalized spacial score (nSPS) is 33.5. The van der Waals surface area contributed by atoms with Gasteiger partial charge in [0.1, 0.15) is 0 Å². The van der Waals surface area contributed by atoms with Crippen LogP contribution >= 0.6 is 0 Å². The zero-order valence-corrected chi connectivity index (χ0v) is 12.4. The van der Waals surface area contributed by atoms with E-state index in [0.29, 0.717) is 6.04 Å². The van der Waals surface area contributed by atoms with Gasteiger partial charge in [-0.15, -0.1) is 0 Å². The summed E-state index contributed by atoms with van der Waals surface area (Å²) >= 11 is 0. The zero-order valence-electron chi connectivity index (χ0n) is 12.4. The molecule has 0 amide bonds. The quantitative estimate of drug-likeness (QED) is 0.834. The summed E-state index contributed by atoms with van der Waals surface area (Å²) in [4.78, 5) is 2.68. The Labute approximate surface area is 112 Å². The van der Waals surface area contributed by atoms with Crippen LogP contribution in [0, 0.1) is 0 Å². The van der Waals surface area contributed by atoms with Crippen LogP contribution in [0.2, 0.25) is 0 Å². The highest BCUT2D eigenvalue weighted by Gasteiger charge is 2.35. The molecule has 18 heavy (non-hydrogen) atoms. The van der Waals surface area contributed by atoms with Gasteiger partial charge in [-0.2, -0.15) is 0 Å². The lowest BCUT2D eigenvalue weighted by molar-refractivity contribution is -0.103. The summed E-state index contributed by atoms with van der Waals surface area (Å²) in [5, 5.41) is 3.76. The second-order valence-electron chi connectivity index (χ2n) is 6.49. The first-order valence-electron chi connectivity index (χ1n) is 7.74. The molecule has 2 unspecified atom stereocenters. The Kier molecular flexibility index (Phi) is 5.05. The fourth-order valence-corrected chi connectivity index (χ4v) is 3.45. The molecule has 1 aliphatic heterocycles. The van der Waals surface area contributed by atoms with Crippen LogP contribution in [0.1, 0.15) is 52.9 Å². The summed E-state index contributed by atoms with van der Waals surface area (Å²) in [7, 11) is 0. The molecule has 1 saturated heterocycles. The van der Waals surface area contributed by atoms with E-state index in [2.05, 4.69) is 31.0 Å². The predicted octanol–water partition coefficient (Wildman–Crippen LogP) is 2.41. The molecule has 2 atom stereocenters. The van der Waals surface area contributed by atoms with Crippen LogP contribution in [0.15, 0.2) is 0 Å². The molecule has 0 aromatic heterocycles. The molecule has 2 aliphatic rings. The Morgan fingerprint density at radius 3 is 2.78 bits per heavy atom. The highest BCUT2D eigenvalue weighted by Crippen LogP contribution is 2.27. The maximum atomic E-state index is 5.84. The van der Waals surface area contributed by atoms with Crippen molar-refractivity contribution in [1.29, 1.82) is 0 Å². The van der Waals surface area contributed by atoms with E-state index in [-0.39, 0.29) is 5.60 Å². The summed E-state index contributed by atoms with van der Waals surface area (Å²) in [6, 6.07) is 1.43. The van der Waals surface area contributed by atoms with E-state index in [9.17, 15) is 0 Å². The minimum Gasteiger partial charge on any atom is -0.373 e. The highest BCUT2D eigenvalue weighted by atomic mass is 16.5. The largest absolute Gasteiger partial charge is 0.373 e. The molecule has 3 nitrogen and oxygen atoms in total. The smallest absolute Gasteiger partial charge is 0.0753 e. The zero-order chi connectivity index (χ0) is 13.0.